The van der Waals surface area contributed by atoms with Crippen LogP contribution in [0, 0.1) is 34.5 Å². The van der Waals surface area contributed by atoms with Crippen molar-refractivity contribution in [3.8, 4) is 12.1 Å². The molecule has 2 atom stereocenters. The minimum Gasteiger partial charge on any atom is -0.193 e. The van der Waals surface area contributed by atoms with Crippen LogP contribution in [0.2, 0.25) is 0 Å². The molecule has 0 amide bonds. The average Bonchev–Trinajstić information content (AvgIpc) is 2.60. The molecule has 2 aliphatic carbocycles. The van der Waals surface area contributed by atoms with Gasteiger partial charge in [-0.25, -0.2) is 0 Å². The van der Waals surface area contributed by atoms with Crippen LogP contribution in [0.25, 0.3) is 0 Å². The van der Waals surface area contributed by atoms with Crippen LogP contribution in [-0.4, -0.2) is 0 Å². The standard InChI is InChI=1S/C9H8N2/c10-4-8-6-1-2-7(3-6)9(8)5-11/h6-7H,1-3H2/t6-,7-/m1/s1. The van der Waals surface area contributed by atoms with E-state index in [0.717, 1.165) is 30.4 Å². The van der Waals surface area contributed by atoms with Crippen molar-refractivity contribution in [1.82, 2.24) is 0 Å². The SMILES string of the molecule is N#CC1=C(C#N)[C@@H]2CC[C@@H]1C2. The van der Waals surface area contributed by atoms with Gasteiger partial charge in [0.2, 0.25) is 0 Å². The maximum Gasteiger partial charge on any atom is 0.0960 e. The van der Waals surface area contributed by atoms with Gasteiger partial charge in [-0.1, -0.05) is 0 Å². The molecule has 2 nitrogen and oxygen atoms in total. The summed E-state index contributed by atoms with van der Waals surface area (Å²) >= 11 is 0. The first-order chi connectivity index (χ1) is 5.36. The van der Waals surface area contributed by atoms with E-state index in [2.05, 4.69) is 12.1 Å². The summed E-state index contributed by atoms with van der Waals surface area (Å²) in [6.07, 6.45) is 3.31. The van der Waals surface area contributed by atoms with Crippen LogP contribution < -0.4 is 0 Å². The Hall–Kier alpha value is -1.28. The highest BCUT2D eigenvalue weighted by Crippen LogP contribution is 2.47. The molecule has 2 heteroatoms. The van der Waals surface area contributed by atoms with Crippen molar-refractivity contribution in [3.05, 3.63) is 11.1 Å². The van der Waals surface area contributed by atoms with Gasteiger partial charge in [0.25, 0.3) is 0 Å². The molecule has 0 spiro atoms. The van der Waals surface area contributed by atoms with Crippen LogP contribution >= 0.6 is 0 Å². The normalized spacial score (nSPS) is 33.6. The minimum atomic E-state index is 0.430. The van der Waals surface area contributed by atoms with Crippen LogP contribution in [0.15, 0.2) is 11.1 Å². The zero-order chi connectivity index (χ0) is 7.84. The monoisotopic (exact) mass is 144 g/mol. The summed E-state index contributed by atoms with van der Waals surface area (Å²) in [6, 6.07) is 4.31. The first-order valence-corrected chi connectivity index (χ1v) is 3.91. The summed E-state index contributed by atoms with van der Waals surface area (Å²) in [5.41, 5.74) is 1.56. The molecule has 54 valence electrons. The lowest BCUT2D eigenvalue weighted by molar-refractivity contribution is 0.672. The third-order valence-electron chi connectivity index (χ3n) is 2.78. The Morgan fingerprint density at radius 1 is 1.00 bits per heavy atom. The number of nitriles is 2. The Balaban J connectivity index is 2.46. The second kappa shape index (κ2) is 2.10. The van der Waals surface area contributed by atoms with Gasteiger partial charge in [-0.3, -0.25) is 0 Å². The van der Waals surface area contributed by atoms with Crippen molar-refractivity contribution in [3.63, 3.8) is 0 Å². The van der Waals surface area contributed by atoms with E-state index >= 15 is 0 Å². The van der Waals surface area contributed by atoms with Crippen LogP contribution in [0.4, 0.5) is 0 Å². The molecule has 1 fully saturated rings. The predicted octanol–water partition coefficient (Wildman–Crippen LogP) is 1.76. The highest BCUT2D eigenvalue weighted by molar-refractivity contribution is 5.45. The topological polar surface area (TPSA) is 47.6 Å². The number of nitrogens with zero attached hydrogens (tertiary/aromatic N) is 2. The fraction of sp³-hybridized carbons (Fsp3) is 0.556. The van der Waals surface area contributed by atoms with Gasteiger partial charge < -0.3 is 0 Å². The highest BCUT2D eigenvalue weighted by Gasteiger charge is 2.39. The van der Waals surface area contributed by atoms with Gasteiger partial charge in [-0.05, 0) is 31.1 Å². The molecule has 0 aromatic heterocycles. The molecule has 11 heavy (non-hydrogen) atoms. The second-order valence-corrected chi connectivity index (χ2v) is 3.26. The molecule has 0 heterocycles. The fourth-order valence-electron chi connectivity index (χ4n) is 2.25. The van der Waals surface area contributed by atoms with Crippen molar-refractivity contribution in [2.24, 2.45) is 11.8 Å². The van der Waals surface area contributed by atoms with Gasteiger partial charge in [0.15, 0.2) is 0 Å². The Morgan fingerprint density at radius 3 is 1.82 bits per heavy atom. The number of allylic oxidation sites excluding steroid dienone is 2. The van der Waals surface area contributed by atoms with E-state index in [0.29, 0.717) is 11.8 Å². The van der Waals surface area contributed by atoms with Crippen molar-refractivity contribution >= 4 is 0 Å². The lowest BCUT2D eigenvalue weighted by Gasteiger charge is -2.07. The Morgan fingerprint density at radius 2 is 1.45 bits per heavy atom. The summed E-state index contributed by atoms with van der Waals surface area (Å²) in [7, 11) is 0. The molecule has 1 saturated carbocycles. The number of hydrogen-bond acceptors (Lipinski definition) is 2. The minimum absolute atomic E-state index is 0.430. The first kappa shape index (κ1) is 6.43. The zero-order valence-electron chi connectivity index (χ0n) is 6.17. The number of rotatable bonds is 0. The van der Waals surface area contributed by atoms with Crippen molar-refractivity contribution in [2.45, 2.75) is 19.3 Å². The molecule has 0 unspecified atom stereocenters. The summed E-state index contributed by atoms with van der Waals surface area (Å²) in [5.74, 6) is 0.860. The van der Waals surface area contributed by atoms with E-state index in [1.807, 2.05) is 0 Å². The summed E-state index contributed by atoms with van der Waals surface area (Å²) < 4.78 is 0. The lowest BCUT2D eigenvalue weighted by atomic mass is 9.93. The maximum absolute atomic E-state index is 8.73. The quantitative estimate of drug-likeness (QED) is 0.520. The summed E-state index contributed by atoms with van der Waals surface area (Å²) in [6.45, 7) is 0. The number of hydrogen-bond donors (Lipinski definition) is 0. The Kier molecular flexibility index (Phi) is 1.23. The van der Waals surface area contributed by atoms with Crippen molar-refractivity contribution < 1.29 is 0 Å². The van der Waals surface area contributed by atoms with Crippen LogP contribution in [0.3, 0.4) is 0 Å². The zero-order valence-corrected chi connectivity index (χ0v) is 6.17. The van der Waals surface area contributed by atoms with Crippen molar-refractivity contribution in [2.75, 3.05) is 0 Å². The predicted molar refractivity (Wildman–Crippen MR) is 39.1 cm³/mol. The van der Waals surface area contributed by atoms with Gasteiger partial charge in [-0.15, -0.1) is 0 Å². The Bertz CT molecular complexity index is 271. The smallest absolute Gasteiger partial charge is 0.0960 e. The van der Waals surface area contributed by atoms with E-state index < -0.39 is 0 Å². The summed E-state index contributed by atoms with van der Waals surface area (Å²) in [4.78, 5) is 0. The average molecular weight is 144 g/mol. The van der Waals surface area contributed by atoms with Crippen LogP contribution in [-0.2, 0) is 0 Å². The third kappa shape index (κ3) is 0.700. The van der Waals surface area contributed by atoms with Gasteiger partial charge in [0.1, 0.15) is 0 Å². The molecule has 0 aliphatic heterocycles. The summed E-state index contributed by atoms with van der Waals surface area (Å²) in [5, 5.41) is 17.5. The lowest BCUT2D eigenvalue weighted by Crippen LogP contribution is -1.99. The van der Waals surface area contributed by atoms with E-state index in [4.69, 9.17) is 10.5 Å². The second-order valence-electron chi connectivity index (χ2n) is 3.26. The third-order valence-corrected chi connectivity index (χ3v) is 2.78. The molecular weight excluding hydrogens is 136 g/mol. The Labute approximate surface area is 65.7 Å². The van der Waals surface area contributed by atoms with Crippen molar-refractivity contribution in [1.29, 1.82) is 10.5 Å². The van der Waals surface area contributed by atoms with Gasteiger partial charge >= 0.3 is 0 Å². The van der Waals surface area contributed by atoms with Crippen LogP contribution in [0.5, 0.6) is 0 Å². The molecule has 0 N–H and O–H groups in total. The van der Waals surface area contributed by atoms with E-state index in [9.17, 15) is 0 Å². The molecule has 2 bridgehead atoms. The van der Waals surface area contributed by atoms with Gasteiger partial charge in [0, 0.05) is 11.1 Å². The fourth-order valence-corrected chi connectivity index (χ4v) is 2.25. The largest absolute Gasteiger partial charge is 0.193 e. The van der Waals surface area contributed by atoms with Gasteiger partial charge in [0.05, 0.1) is 12.1 Å². The highest BCUT2D eigenvalue weighted by atomic mass is 14.4. The van der Waals surface area contributed by atoms with E-state index in [1.165, 1.54) is 0 Å². The molecule has 0 aromatic rings. The van der Waals surface area contributed by atoms with Crippen LogP contribution in [0.1, 0.15) is 19.3 Å². The molecule has 0 radical (unpaired) electrons. The van der Waals surface area contributed by atoms with Gasteiger partial charge in [-0.2, -0.15) is 10.5 Å². The van der Waals surface area contributed by atoms with E-state index in [-0.39, 0.29) is 0 Å². The molecular formula is C9H8N2. The maximum atomic E-state index is 8.73. The molecule has 2 aliphatic rings. The molecule has 0 aromatic carbocycles. The van der Waals surface area contributed by atoms with E-state index in [1.54, 1.807) is 0 Å². The number of fused-ring (bicyclic) bond motifs is 2. The molecule has 0 saturated heterocycles. The molecule has 2 rings (SSSR count). The first-order valence-electron chi connectivity index (χ1n) is 3.91.